The van der Waals surface area contributed by atoms with E-state index < -0.39 is 10.0 Å². The van der Waals surface area contributed by atoms with Crippen molar-refractivity contribution in [2.45, 2.75) is 30.8 Å². The smallest absolute Gasteiger partial charge is 0.264 e. The molecule has 7 heteroatoms. The molecule has 6 nitrogen and oxygen atoms in total. The number of ether oxygens (including phenoxy) is 1. The van der Waals surface area contributed by atoms with E-state index in [2.05, 4.69) is 5.32 Å². The van der Waals surface area contributed by atoms with Crippen LogP contribution in [0.2, 0.25) is 0 Å². The number of anilines is 1. The second-order valence-electron chi connectivity index (χ2n) is 6.63. The number of nitrogens with one attached hydrogen (secondary N) is 1. The largest absolute Gasteiger partial charge is 0.376 e. The highest BCUT2D eigenvalue weighted by Crippen LogP contribution is 2.25. The third-order valence-electron chi connectivity index (χ3n) is 4.72. The number of nitrogens with zero attached hydrogens (tertiary/aromatic N) is 1. The monoisotopic (exact) mass is 388 g/mol. The lowest BCUT2D eigenvalue weighted by Crippen LogP contribution is -2.32. The molecule has 1 aliphatic rings. The van der Waals surface area contributed by atoms with E-state index >= 15 is 0 Å². The second kappa shape index (κ2) is 8.10. The number of hydrogen-bond donors (Lipinski definition) is 1. The zero-order valence-corrected chi connectivity index (χ0v) is 16.3. The van der Waals surface area contributed by atoms with E-state index in [9.17, 15) is 13.2 Å². The third-order valence-corrected chi connectivity index (χ3v) is 6.49. The molecule has 27 heavy (non-hydrogen) atoms. The first-order valence-electron chi connectivity index (χ1n) is 8.94. The maximum Gasteiger partial charge on any atom is 0.264 e. The predicted octanol–water partition coefficient (Wildman–Crippen LogP) is 2.73. The van der Waals surface area contributed by atoms with E-state index in [1.807, 2.05) is 19.1 Å². The number of rotatable bonds is 6. The summed E-state index contributed by atoms with van der Waals surface area (Å²) in [7, 11) is -2.26. The fraction of sp³-hybridized carbons (Fsp3) is 0.350. The van der Waals surface area contributed by atoms with Gasteiger partial charge in [-0.1, -0.05) is 24.3 Å². The van der Waals surface area contributed by atoms with E-state index in [0.29, 0.717) is 17.8 Å². The topological polar surface area (TPSA) is 75.7 Å². The normalized spacial score (nSPS) is 16.9. The number of sulfonamides is 1. The molecular weight excluding hydrogens is 364 g/mol. The Labute approximate surface area is 160 Å². The fourth-order valence-corrected chi connectivity index (χ4v) is 4.42. The van der Waals surface area contributed by atoms with E-state index in [0.717, 1.165) is 25.0 Å². The first kappa shape index (κ1) is 19.4. The van der Waals surface area contributed by atoms with Gasteiger partial charge in [0.1, 0.15) is 0 Å². The molecule has 1 aliphatic heterocycles. The van der Waals surface area contributed by atoms with E-state index in [1.54, 1.807) is 24.3 Å². The van der Waals surface area contributed by atoms with Crippen molar-refractivity contribution in [2.75, 3.05) is 24.5 Å². The lowest BCUT2D eigenvalue weighted by atomic mass is 10.2. The summed E-state index contributed by atoms with van der Waals surface area (Å²) in [5, 5.41) is 2.82. The van der Waals surface area contributed by atoms with Gasteiger partial charge < -0.3 is 10.1 Å². The Balaban J connectivity index is 1.79. The van der Waals surface area contributed by atoms with Gasteiger partial charge in [0.15, 0.2) is 0 Å². The van der Waals surface area contributed by atoms with E-state index in [-0.39, 0.29) is 16.9 Å². The van der Waals surface area contributed by atoms with Crippen molar-refractivity contribution in [1.29, 1.82) is 0 Å². The highest BCUT2D eigenvalue weighted by Gasteiger charge is 2.24. The molecule has 0 radical (unpaired) electrons. The summed E-state index contributed by atoms with van der Waals surface area (Å²) in [4.78, 5) is 12.5. The summed E-state index contributed by atoms with van der Waals surface area (Å²) in [5.74, 6) is -0.305. The minimum atomic E-state index is -3.77. The number of carbonyl (C=O) groups excluding carboxylic acids is 1. The molecule has 1 heterocycles. The van der Waals surface area contributed by atoms with Crippen LogP contribution in [-0.4, -0.2) is 40.6 Å². The van der Waals surface area contributed by atoms with Crippen molar-refractivity contribution in [2.24, 2.45) is 0 Å². The van der Waals surface area contributed by atoms with Crippen LogP contribution in [0, 0.1) is 6.92 Å². The molecule has 1 N–H and O–H groups in total. The predicted molar refractivity (Wildman–Crippen MR) is 105 cm³/mol. The van der Waals surface area contributed by atoms with Crippen LogP contribution in [0.3, 0.4) is 0 Å². The first-order chi connectivity index (χ1) is 12.9. The van der Waals surface area contributed by atoms with E-state index in [4.69, 9.17) is 4.74 Å². The molecule has 1 atom stereocenters. The van der Waals surface area contributed by atoms with Crippen molar-refractivity contribution in [3.05, 3.63) is 59.7 Å². The van der Waals surface area contributed by atoms with Crippen molar-refractivity contribution in [3.8, 4) is 0 Å². The summed E-state index contributed by atoms with van der Waals surface area (Å²) in [5.41, 5.74) is 1.77. The minimum absolute atomic E-state index is 0.0352. The van der Waals surface area contributed by atoms with Gasteiger partial charge in [-0.2, -0.15) is 0 Å². The van der Waals surface area contributed by atoms with Gasteiger partial charge in [-0.25, -0.2) is 8.42 Å². The van der Waals surface area contributed by atoms with Gasteiger partial charge in [-0.3, -0.25) is 9.10 Å². The molecule has 0 aliphatic carbocycles. The van der Waals surface area contributed by atoms with Crippen LogP contribution in [-0.2, 0) is 14.8 Å². The Morgan fingerprint density at radius 3 is 2.70 bits per heavy atom. The van der Waals surface area contributed by atoms with Crippen LogP contribution in [0.4, 0.5) is 5.69 Å². The number of carbonyl (C=O) groups is 1. The maximum absolute atomic E-state index is 13.0. The molecule has 0 saturated carbocycles. The summed E-state index contributed by atoms with van der Waals surface area (Å²) in [6.07, 6.45) is 1.96. The first-order valence-corrected chi connectivity index (χ1v) is 10.4. The molecule has 2 aromatic carbocycles. The zero-order chi connectivity index (χ0) is 19.4. The molecule has 0 bridgehead atoms. The number of para-hydroxylation sites is 1. The Kier molecular flexibility index (Phi) is 5.82. The van der Waals surface area contributed by atoms with Crippen LogP contribution in [0.1, 0.15) is 28.8 Å². The molecular formula is C20H24N2O4S. The standard InChI is InChI=1S/C20H24N2O4S/c1-15-7-3-4-11-19(15)22(2)27(24,25)18-10-5-8-16(13-18)20(23)21-14-17-9-6-12-26-17/h3-5,7-8,10-11,13,17H,6,9,12,14H2,1-2H3,(H,21,23)/t17-/m1/s1. The number of amides is 1. The summed E-state index contributed by atoms with van der Waals surface area (Å²) in [6.45, 7) is 3.01. The van der Waals surface area contributed by atoms with Gasteiger partial charge in [0.05, 0.1) is 16.7 Å². The number of hydrogen-bond acceptors (Lipinski definition) is 4. The average molecular weight is 388 g/mol. The summed E-state index contributed by atoms with van der Waals surface area (Å²) in [6, 6.07) is 13.4. The Morgan fingerprint density at radius 2 is 2.00 bits per heavy atom. The fourth-order valence-electron chi connectivity index (χ4n) is 3.12. The Bertz CT molecular complexity index is 921. The highest BCUT2D eigenvalue weighted by molar-refractivity contribution is 7.92. The Morgan fingerprint density at radius 1 is 1.22 bits per heavy atom. The quantitative estimate of drug-likeness (QED) is 0.826. The number of aryl methyl sites for hydroxylation is 1. The summed E-state index contributed by atoms with van der Waals surface area (Å²) >= 11 is 0. The molecule has 0 spiro atoms. The van der Waals surface area contributed by atoms with Crippen molar-refractivity contribution in [1.82, 2.24) is 5.32 Å². The lowest BCUT2D eigenvalue weighted by Gasteiger charge is -2.21. The molecule has 0 unspecified atom stereocenters. The third kappa shape index (κ3) is 4.31. The second-order valence-corrected chi connectivity index (χ2v) is 8.60. The molecule has 1 amide bonds. The summed E-state index contributed by atoms with van der Waals surface area (Å²) < 4.78 is 32.7. The molecule has 3 rings (SSSR count). The van der Waals surface area contributed by atoms with Crippen LogP contribution < -0.4 is 9.62 Å². The van der Waals surface area contributed by atoms with Crippen LogP contribution in [0.5, 0.6) is 0 Å². The van der Waals surface area contributed by atoms with Gasteiger partial charge >= 0.3 is 0 Å². The lowest BCUT2D eigenvalue weighted by molar-refractivity contribution is 0.0857. The molecule has 144 valence electrons. The van der Waals surface area contributed by atoms with Crippen LogP contribution in [0.15, 0.2) is 53.4 Å². The van der Waals surface area contributed by atoms with Crippen molar-refractivity contribution >= 4 is 21.6 Å². The van der Waals surface area contributed by atoms with Crippen molar-refractivity contribution < 1.29 is 17.9 Å². The zero-order valence-electron chi connectivity index (χ0n) is 15.5. The van der Waals surface area contributed by atoms with Gasteiger partial charge in [0.25, 0.3) is 15.9 Å². The minimum Gasteiger partial charge on any atom is -0.376 e. The highest BCUT2D eigenvalue weighted by atomic mass is 32.2. The van der Waals surface area contributed by atoms with Gasteiger partial charge in [0.2, 0.25) is 0 Å². The maximum atomic E-state index is 13.0. The van der Waals surface area contributed by atoms with Gasteiger partial charge in [0, 0.05) is 25.8 Å². The Hall–Kier alpha value is -2.38. The van der Waals surface area contributed by atoms with Gasteiger partial charge in [-0.05, 0) is 49.6 Å². The SMILES string of the molecule is Cc1ccccc1N(C)S(=O)(=O)c1cccc(C(=O)NC[C@H]2CCCO2)c1. The van der Waals surface area contributed by atoms with E-state index in [1.165, 1.54) is 23.5 Å². The molecule has 1 saturated heterocycles. The van der Waals surface area contributed by atoms with Crippen molar-refractivity contribution in [3.63, 3.8) is 0 Å². The van der Waals surface area contributed by atoms with Crippen LogP contribution in [0.25, 0.3) is 0 Å². The van der Waals surface area contributed by atoms with Crippen LogP contribution >= 0.6 is 0 Å². The number of benzene rings is 2. The molecule has 1 fully saturated rings. The molecule has 2 aromatic rings. The molecule has 0 aromatic heterocycles. The van der Waals surface area contributed by atoms with Gasteiger partial charge in [-0.15, -0.1) is 0 Å². The average Bonchev–Trinajstić information content (AvgIpc) is 3.19.